The zero-order valence-electron chi connectivity index (χ0n) is 24.9. The Morgan fingerprint density at radius 3 is 2.70 bits per heavy atom. The van der Waals surface area contributed by atoms with E-state index in [1.165, 1.54) is 10.9 Å². The van der Waals surface area contributed by atoms with Gasteiger partial charge in [0.1, 0.15) is 23.0 Å². The summed E-state index contributed by atoms with van der Waals surface area (Å²) in [5, 5.41) is 1.69. The van der Waals surface area contributed by atoms with Gasteiger partial charge in [-0.2, -0.15) is 0 Å². The van der Waals surface area contributed by atoms with E-state index in [1.807, 2.05) is 37.5 Å². The van der Waals surface area contributed by atoms with Crippen molar-refractivity contribution < 1.29 is 18.7 Å². The molecule has 5 aromatic rings. The van der Waals surface area contributed by atoms with Gasteiger partial charge in [0.05, 0.1) is 44.6 Å². The number of aromatic amines is 1. The summed E-state index contributed by atoms with van der Waals surface area (Å²) >= 11 is 15.0. The third-order valence-electron chi connectivity index (χ3n) is 8.20. The van der Waals surface area contributed by atoms with Gasteiger partial charge < -0.3 is 14.5 Å². The Labute approximate surface area is 268 Å². The molecule has 0 radical (unpaired) electrons. The molecule has 44 heavy (non-hydrogen) atoms. The number of aromatic nitrogens is 3. The number of aryl methyl sites for hydroxylation is 2. The minimum absolute atomic E-state index is 0.256. The Morgan fingerprint density at radius 1 is 1.18 bits per heavy atom. The molecule has 11 heteroatoms. The summed E-state index contributed by atoms with van der Waals surface area (Å²) in [5.41, 5.74) is 3.39. The number of likely N-dealkylation sites (tertiary alicyclic amines) is 1. The molecule has 1 saturated heterocycles. The van der Waals surface area contributed by atoms with Crippen molar-refractivity contribution in [1.82, 2.24) is 19.4 Å². The van der Waals surface area contributed by atoms with Gasteiger partial charge in [-0.25, -0.2) is 14.2 Å². The van der Waals surface area contributed by atoms with Gasteiger partial charge >= 0.3 is 6.09 Å². The quantitative estimate of drug-likeness (QED) is 0.210. The number of hydrogen-bond donors (Lipinski definition) is 1. The fourth-order valence-corrected chi connectivity index (χ4v) is 7.68. The largest absolute Gasteiger partial charge is 0.464 e. The summed E-state index contributed by atoms with van der Waals surface area (Å²) in [6.07, 6.45) is 2.33. The third-order valence-corrected chi connectivity index (χ3v) is 10.00. The van der Waals surface area contributed by atoms with Crippen LogP contribution in [-0.2, 0) is 4.74 Å². The van der Waals surface area contributed by atoms with Crippen molar-refractivity contribution in [3.63, 3.8) is 0 Å². The molecule has 1 unspecified atom stereocenters. The third kappa shape index (κ3) is 4.86. The van der Waals surface area contributed by atoms with Gasteiger partial charge in [0.25, 0.3) is 0 Å². The van der Waals surface area contributed by atoms with E-state index in [4.69, 9.17) is 32.7 Å². The van der Waals surface area contributed by atoms with Gasteiger partial charge in [0.15, 0.2) is 0 Å². The summed E-state index contributed by atoms with van der Waals surface area (Å²) in [6.45, 7) is 10.3. The Morgan fingerprint density at radius 2 is 1.98 bits per heavy atom. The molecule has 1 N–H and O–H groups in total. The van der Waals surface area contributed by atoms with Crippen LogP contribution in [0.2, 0.25) is 10.0 Å². The van der Waals surface area contributed by atoms with Gasteiger partial charge in [0.2, 0.25) is 6.23 Å². The van der Waals surface area contributed by atoms with Crippen molar-refractivity contribution in [3.8, 4) is 28.3 Å². The molecule has 7 rings (SSSR count). The lowest BCUT2D eigenvalue weighted by Gasteiger charge is -2.30. The number of imidazole rings is 1. The van der Waals surface area contributed by atoms with Crippen LogP contribution in [0.5, 0.6) is 5.75 Å². The number of carbonyl (C=O) groups is 1. The molecule has 0 saturated carbocycles. The van der Waals surface area contributed by atoms with Gasteiger partial charge in [-0.1, -0.05) is 23.2 Å². The summed E-state index contributed by atoms with van der Waals surface area (Å²) in [4.78, 5) is 24.7. The van der Waals surface area contributed by atoms with Crippen LogP contribution in [0.1, 0.15) is 67.0 Å². The first-order valence-corrected chi connectivity index (χ1v) is 16.1. The van der Waals surface area contributed by atoms with E-state index in [9.17, 15) is 4.79 Å². The molecule has 2 atom stereocenters. The minimum Gasteiger partial charge on any atom is -0.464 e. The van der Waals surface area contributed by atoms with Crippen LogP contribution in [-0.4, -0.2) is 37.7 Å². The lowest BCUT2D eigenvalue weighted by molar-refractivity contribution is 0.0218. The fraction of sp³-hybridized carbons (Fsp3) is 0.333. The van der Waals surface area contributed by atoms with E-state index < -0.39 is 17.6 Å². The number of nitrogens with zero attached hydrogens (tertiary/aromatic N) is 3. The van der Waals surface area contributed by atoms with E-state index in [0.29, 0.717) is 50.7 Å². The first-order valence-electron chi connectivity index (χ1n) is 14.5. The van der Waals surface area contributed by atoms with E-state index in [2.05, 4.69) is 29.9 Å². The number of carbonyl (C=O) groups excluding carboxylic acids is 1. The summed E-state index contributed by atoms with van der Waals surface area (Å²) in [5.74, 6) is 0.535. The van der Waals surface area contributed by atoms with Crippen molar-refractivity contribution >= 4 is 51.5 Å². The number of fused-ring (bicyclic) bond motifs is 5. The number of benzene rings is 2. The van der Waals surface area contributed by atoms with Crippen LogP contribution in [0.15, 0.2) is 42.6 Å². The van der Waals surface area contributed by atoms with Crippen LogP contribution < -0.4 is 4.74 Å². The Kier molecular flexibility index (Phi) is 6.99. The molecule has 0 bridgehead atoms. The maximum Gasteiger partial charge on any atom is 0.410 e. The molecular formula is C33H31Cl2FN4O3S. The number of ether oxygens (including phenoxy) is 2. The lowest BCUT2D eigenvalue weighted by Crippen LogP contribution is -2.36. The average molecular weight is 654 g/mol. The number of hydrogen-bond acceptors (Lipinski definition) is 5. The second kappa shape index (κ2) is 10.5. The summed E-state index contributed by atoms with van der Waals surface area (Å²) in [6, 6.07) is 10.6. The van der Waals surface area contributed by atoms with E-state index >= 15 is 4.39 Å². The highest BCUT2D eigenvalue weighted by atomic mass is 35.5. The van der Waals surface area contributed by atoms with Gasteiger partial charge in [-0.3, -0.25) is 9.47 Å². The van der Waals surface area contributed by atoms with E-state index in [0.717, 1.165) is 34.2 Å². The van der Waals surface area contributed by atoms with Crippen LogP contribution >= 0.6 is 34.5 Å². The first kappa shape index (κ1) is 29.2. The minimum atomic E-state index is -0.599. The molecule has 0 spiro atoms. The van der Waals surface area contributed by atoms with Crippen LogP contribution in [0, 0.1) is 19.7 Å². The van der Waals surface area contributed by atoms with Crippen LogP contribution in [0.3, 0.4) is 0 Å². The van der Waals surface area contributed by atoms with Gasteiger partial charge in [0, 0.05) is 27.4 Å². The lowest BCUT2D eigenvalue weighted by atomic mass is 10.0. The van der Waals surface area contributed by atoms with Crippen molar-refractivity contribution in [3.05, 3.63) is 79.6 Å². The normalized spacial score (nSPS) is 18.0. The highest BCUT2D eigenvalue weighted by Gasteiger charge is 2.37. The second-order valence-corrected chi connectivity index (χ2v) is 14.5. The maximum absolute atomic E-state index is 16.2. The molecule has 0 aliphatic carbocycles. The Bertz CT molecular complexity index is 1940. The Balaban J connectivity index is 1.31. The molecule has 5 heterocycles. The second-order valence-electron chi connectivity index (χ2n) is 12.4. The number of nitrogens with one attached hydrogen (secondary N) is 1. The molecule has 2 aliphatic rings. The topological polar surface area (TPSA) is 72.4 Å². The number of amides is 1. The molecule has 1 amide bonds. The van der Waals surface area contributed by atoms with Gasteiger partial charge in [-0.05, 0) is 89.4 Å². The standard InChI is InChI=1S/C33H31Cl2FN4O3S/c1-16-11-26(44-17(16)2)31-40-23-9-8-19(34)14-20(23)28(35)29(40)27-21(36)12-18(13-25(27)42-31)22-15-37-30(38-22)24-7-6-10-39(24)32(41)43-33(3,4)5/h8-9,11-15,24,31H,6-7,10H2,1-5H3,(H,37,38)/t24-,31?/m0/s1. The summed E-state index contributed by atoms with van der Waals surface area (Å²) < 4.78 is 30.5. The van der Waals surface area contributed by atoms with Gasteiger partial charge in [-0.15, -0.1) is 11.3 Å². The SMILES string of the molecule is Cc1cc(C2Oc3cc(-c4cnc([C@@H]5CCCN5C(=O)OC(C)(C)C)[nH]4)cc(F)c3-c3c(Cl)c4cc(Cl)ccc4n32)sc1C. The molecule has 1 fully saturated rings. The predicted molar refractivity (Wildman–Crippen MR) is 172 cm³/mol. The molecular weight excluding hydrogens is 622 g/mol. The maximum atomic E-state index is 16.2. The number of halogens is 3. The zero-order valence-corrected chi connectivity index (χ0v) is 27.3. The predicted octanol–water partition coefficient (Wildman–Crippen LogP) is 9.83. The van der Waals surface area contributed by atoms with Crippen molar-refractivity contribution in [2.24, 2.45) is 0 Å². The Hall–Kier alpha value is -3.53. The summed E-state index contributed by atoms with van der Waals surface area (Å²) in [7, 11) is 0. The highest BCUT2D eigenvalue weighted by Crippen LogP contribution is 2.51. The van der Waals surface area contributed by atoms with Crippen molar-refractivity contribution in [2.45, 2.75) is 65.3 Å². The molecule has 2 aromatic carbocycles. The van der Waals surface area contributed by atoms with Crippen LogP contribution in [0.4, 0.5) is 9.18 Å². The smallest absolute Gasteiger partial charge is 0.410 e. The molecule has 3 aromatic heterocycles. The van der Waals surface area contributed by atoms with E-state index in [1.54, 1.807) is 34.6 Å². The number of H-pyrrole nitrogens is 1. The van der Waals surface area contributed by atoms with E-state index in [-0.39, 0.29) is 12.1 Å². The number of thiophene rings is 1. The number of rotatable bonds is 3. The highest BCUT2D eigenvalue weighted by molar-refractivity contribution is 7.12. The van der Waals surface area contributed by atoms with Crippen molar-refractivity contribution in [1.29, 1.82) is 0 Å². The zero-order chi connectivity index (χ0) is 31.1. The van der Waals surface area contributed by atoms with Crippen molar-refractivity contribution in [2.75, 3.05) is 6.54 Å². The molecule has 7 nitrogen and oxygen atoms in total. The average Bonchev–Trinajstić information content (AvgIpc) is 3.74. The monoisotopic (exact) mass is 652 g/mol. The molecule has 2 aliphatic heterocycles. The first-order chi connectivity index (χ1) is 20.9. The fourth-order valence-electron chi connectivity index (χ4n) is 6.11. The molecule has 228 valence electrons. The van der Waals surface area contributed by atoms with Crippen LogP contribution in [0.25, 0.3) is 33.4 Å².